The fraction of sp³-hybridized carbons (Fsp3) is 0.250. The number of carbonyl (C=O) groups is 1. The van der Waals surface area contributed by atoms with E-state index in [1.54, 1.807) is 0 Å². The van der Waals surface area contributed by atoms with Crippen LogP contribution in [0, 0.1) is 0 Å². The molecule has 0 fully saturated rings. The second kappa shape index (κ2) is 4.90. The summed E-state index contributed by atoms with van der Waals surface area (Å²) >= 11 is 0. The molecule has 1 amide bonds. The maximum Gasteiger partial charge on any atom is 0.242 e. The largest absolute Gasteiger partial charge is 0.384 e. The van der Waals surface area contributed by atoms with E-state index in [0.29, 0.717) is 0 Å². The molecule has 0 aromatic carbocycles. The summed E-state index contributed by atoms with van der Waals surface area (Å²) < 4.78 is 25.3. The van der Waals surface area contributed by atoms with Gasteiger partial charge >= 0.3 is 0 Å². The predicted octanol–water partition coefficient (Wildman–Crippen LogP) is -1.31. The Hall–Kier alpha value is -1.67. The lowest BCUT2D eigenvalue weighted by molar-refractivity contribution is -0.119. The Morgan fingerprint density at radius 1 is 1.50 bits per heavy atom. The lowest BCUT2D eigenvalue weighted by atomic mass is 10.5. The molecule has 8 heteroatoms. The van der Waals surface area contributed by atoms with Gasteiger partial charge in [-0.15, -0.1) is 0 Å². The minimum absolute atomic E-state index is 0.0365. The molecule has 1 aromatic rings. The van der Waals surface area contributed by atoms with Gasteiger partial charge in [0.2, 0.25) is 15.9 Å². The van der Waals surface area contributed by atoms with Crippen molar-refractivity contribution < 1.29 is 13.2 Å². The van der Waals surface area contributed by atoms with Gasteiger partial charge in [0.25, 0.3) is 0 Å². The average molecular weight is 244 g/mol. The number of nitrogens with two attached hydrogens (primary N) is 1. The molecule has 0 saturated carbocycles. The normalized spacial score (nSPS) is 11.1. The van der Waals surface area contributed by atoms with E-state index >= 15 is 0 Å². The van der Waals surface area contributed by atoms with E-state index in [1.807, 2.05) is 0 Å². The van der Waals surface area contributed by atoms with Crippen LogP contribution in [0.25, 0.3) is 0 Å². The molecular formula is C8H12N4O3S. The van der Waals surface area contributed by atoms with Crippen LogP contribution in [0.4, 0.5) is 5.82 Å². The van der Waals surface area contributed by atoms with Crippen LogP contribution in [0.15, 0.2) is 23.2 Å². The highest BCUT2D eigenvalue weighted by Crippen LogP contribution is 2.07. The summed E-state index contributed by atoms with van der Waals surface area (Å²) in [5.41, 5.74) is 5.32. The monoisotopic (exact) mass is 244 g/mol. The molecule has 0 atom stereocenters. The number of nitrogens with one attached hydrogen (secondary N) is 2. The van der Waals surface area contributed by atoms with Gasteiger partial charge in [-0.3, -0.25) is 4.79 Å². The van der Waals surface area contributed by atoms with Crippen LogP contribution < -0.4 is 15.8 Å². The van der Waals surface area contributed by atoms with E-state index in [9.17, 15) is 13.2 Å². The van der Waals surface area contributed by atoms with E-state index in [4.69, 9.17) is 5.73 Å². The zero-order chi connectivity index (χ0) is 12.2. The van der Waals surface area contributed by atoms with Crippen LogP contribution in [-0.2, 0) is 14.8 Å². The van der Waals surface area contributed by atoms with Crippen molar-refractivity contribution in [3.63, 3.8) is 0 Å². The smallest absolute Gasteiger partial charge is 0.242 e. The number of amides is 1. The number of nitrogens with zero attached hydrogens (tertiary/aromatic N) is 1. The fourth-order valence-electron chi connectivity index (χ4n) is 0.883. The van der Waals surface area contributed by atoms with Gasteiger partial charge in [-0.1, -0.05) is 0 Å². The standard InChI is InChI=1S/C8H12N4O3S/c1-10-8(13)5-12-16(14,15)6-2-3-7(9)11-4-6/h2-4,12H,5H2,1H3,(H2,9,11)(H,10,13). The highest BCUT2D eigenvalue weighted by atomic mass is 32.2. The third-order valence-corrected chi connectivity index (χ3v) is 3.16. The Bertz CT molecular complexity index is 469. The molecule has 7 nitrogen and oxygen atoms in total. The molecule has 0 aliphatic heterocycles. The summed E-state index contributed by atoms with van der Waals surface area (Å²) in [7, 11) is -2.29. The molecule has 0 spiro atoms. The molecule has 4 N–H and O–H groups in total. The first kappa shape index (κ1) is 12.4. The third kappa shape index (κ3) is 3.17. The minimum atomic E-state index is -3.71. The third-order valence-electron chi connectivity index (χ3n) is 1.77. The second-order valence-electron chi connectivity index (χ2n) is 2.92. The summed E-state index contributed by atoms with van der Waals surface area (Å²) in [5.74, 6) is -0.197. The maximum absolute atomic E-state index is 11.6. The lowest BCUT2D eigenvalue weighted by Gasteiger charge is -2.05. The van der Waals surface area contributed by atoms with Crippen LogP contribution in [0.3, 0.4) is 0 Å². The predicted molar refractivity (Wildman–Crippen MR) is 57.9 cm³/mol. The van der Waals surface area contributed by atoms with Crippen molar-refractivity contribution in [3.8, 4) is 0 Å². The zero-order valence-corrected chi connectivity index (χ0v) is 9.41. The van der Waals surface area contributed by atoms with Crippen molar-refractivity contribution in [1.29, 1.82) is 0 Å². The van der Waals surface area contributed by atoms with Crippen molar-refractivity contribution in [1.82, 2.24) is 15.0 Å². The van der Waals surface area contributed by atoms with Gasteiger partial charge < -0.3 is 11.1 Å². The zero-order valence-electron chi connectivity index (χ0n) is 8.60. The molecule has 16 heavy (non-hydrogen) atoms. The molecule has 0 bridgehead atoms. The molecule has 1 aromatic heterocycles. The highest BCUT2D eigenvalue weighted by molar-refractivity contribution is 7.89. The summed E-state index contributed by atoms with van der Waals surface area (Å²) in [4.78, 5) is 14.5. The molecule has 0 saturated heterocycles. The first-order valence-corrected chi connectivity index (χ1v) is 5.86. The van der Waals surface area contributed by atoms with Crippen molar-refractivity contribution in [3.05, 3.63) is 18.3 Å². The van der Waals surface area contributed by atoms with Gasteiger partial charge in [0.05, 0.1) is 6.54 Å². The summed E-state index contributed by atoms with van der Waals surface area (Å²) in [6.07, 6.45) is 1.13. The number of sulfonamides is 1. The first-order chi connectivity index (χ1) is 7.45. The van der Waals surface area contributed by atoms with Crippen molar-refractivity contribution >= 4 is 21.7 Å². The van der Waals surface area contributed by atoms with Crippen molar-refractivity contribution in [2.45, 2.75) is 4.90 Å². The Labute approximate surface area is 93.1 Å². The number of hydrogen-bond acceptors (Lipinski definition) is 5. The van der Waals surface area contributed by atoms with Crippen LogP contribution in [-0.4, -0.2) is 32.9 Å². The average Bonchev–Trinajstić information content (AvgIpc) is 2.26. The maximum atomic E-state index is 11.6. The van der Waals surface area contributed by atoms with Crippen LogP contribution in [0.2, 0.25) is 0 Å². The molecular weight excluding hydrogens is 232 g/mol. The quantitative estimate of drug-likeness (QED) is 0.608. The molecule has 0 aliphatic carbocycles. The minimum Gasteiger partial charge on any atom is -0.384 e. The van der Waals surface area contributed by atoms with Gasteiger partial charge in [-0.05, 0) is 12.1 Å². The Morgan fingerprint density at radius 2 is 2.19 bits per heavy atom. The van der Waals surface area contributed by atoms with Gasteiger partial charge in [0.1, 0.15) is 10.7 Å². The van der Waals surface area contributed by atoms with Gasteiger partial charge in [-0.2, -0.15) is 0 Å². The summed E-state index contributed by atoms with van der Waals surface area (Å²) in [5, 5.41) is 2.30. The van der Waals surface area contributed by atoms with E-state index in [2.05, 4.69) is 15.0 Å². The fourth-order valence-corrected chi connectivity index (χ4v) is 1.81. The molecule has 88 valence electrons. The number of rotatable bonds is 4. The van der Waals surface area contributed by atoms with E-state index < -0.39 is 15.9 Å². The number of hydrogen-bond donors (Lipinski definition) is 3. The number of pyridine rings is 1. The Kier molecular flexibility index (Phi) is 3.80. The molecule has 0 unspecified atom stereocenters. The summed E-state index contributed by atoms with van der Waals surface area (Å²) in [6, 6.07) is 2.68. The summed E-state index contributed by atoms with van der Waals surface area (Å²) in [6.45, 7) is -0.316. The molecule has 0 aliphatic rings. The number of anilines is 1. The molecule has 0 radical (unpaired) electrons. The van der Waals surface area contributed by atoms with Crippen LogP contribution >= 0.6 is 0 Å². The highest BCUT2D eigenvalue weighted by Gasteiger charge is 2.15. The first-order valence-electron chi connectivity index (χ1n) is 4.37. The van der Waals surface area contributed by atoms with Gasteiger partial charge in [-0.25, -0.2) is 18.1 Å². The Morgan fingerprint density at radius 3 is 2.69 bits per heavy atom. The Balaban J connectivity index is 2.78. The number of carbonyl (C=O) groups excluding carboxylic acids is 1. The van der Waals surface area contributed by atoms with Gasteiger partial charge in [0, 0.05) is 13.2 Å². The number of aromatic nitrogens is 1. The second-order valence-corrected chi connectivity index (χ2v) is 4.68. The number of likely N-dealkylation sites (N-methyl/N-ethyl adjacent to an activating group) is 1. The van der Waals surface area contributed by atoms with Crippen molar-refractivity contribution in [2.75, 3.05) is 19.3 Å². The molecule has 1 rings (SSSR count). The van der Waals surface area contributed by atoms with E-state index in [-0.39, 0.29) is 17.3 Å². The molecule has 1 heterocycles. The topological polar surface area (TPSA) is 114 Å². The van der Waals surface area contributed by atoms with Gasteiger partial charge in [0.15, 0.2) is 0 Å². The van der Waals surface area contributed by atoms with E-state index in [0.717, 1.165) is 6.20 Å². The van der Waals surface area contributed by atoms with Crippen LogP contribution in [0.5, 0.6) is 0 Å². The lowest BCUT2D eigenvalue weighted by Crippen LogP contribution is -2.35. The van der Waals surface area contributed by atoms with Crippen LogP contribution in [0.1, 0.15) is 0 Å². The van der Waals surface area contributed by atoms with E-state index in [1.165, 1.54) is 19.2 Å². The van der Waals surface area contributed by atoms with Crippen molar-refractivity contribution in [2.24, 2.45) is 0 Å². The SMILES string of the molecule is CNC(=O)CNS(=O)(=O)c1ccc(N)nc1. The number of nitrogen functional groups attached to an aromatic ring is 1.